The second-order valence-electron chi connectivity index (χ2n) is 4.81. The van der Waals surface area contributed by atoms with E-state index in [1.54, 1.807) is 0 Å². The second-order valence-corrected chi connectivity index (χ2v) is 4.81. The minimum Gasteiger partial charge on any atom is -0.490 e. The lowest BCUT2D eigenvalue weighted by Crippen LogP contribution is -2.19. The molecular weight excluding hydrogens is 210 g/mol. The highest BCUT2D eigenvalue weighted by atomic mass is 16.5. The second kappa shape index (κ2) is 6.65. The van der Waals surface area contributed by atoms with Gasteiger partial charge in [-0.25, -0.2) is 0 Å². The van der Waals surface area contributed by atoms with Crippen molar-refractivity contribution in [2.24, 2.45) is 0 Å². The summed E-state index contributed by atoms with van der Waals surface area (Å²) in [4.78, 5) is 0. The molecule has 17 heavy (non-hydrogen) atoms. The zero-order valence-electron chi connectivity index (χ0n) is 10.7. The summed E-state index contributed by atoms with van der Waals surface area (Å²) < 4.78 is 6.03. The minimum atomic E-state index is 0.391. The Hall–Kier alpha value is -1.02. The molecule has 2 heteroatoms. The molecule has 0 radical (unpaired) electrons. The predicted octanol–water partition coefficient (Wildman–Crippen LogP) is 3.16. The summed E-state index contributed by atoms with van der Waals surface area (Å²) in [6.45, 7) is 4.43. The lowest BCUT2D eigenvalue weighted by molar-refractivity contribution is 0.187. The fourth-order valence-corrected chi connectivity index (χ4v) is 2.32. The van der Waals surface area contributed by atoms with E-state index in [-0.39, 0.29) is 0 Å². The van der Waals surface area contributed by atoms with E-state index in [1.165, 1.54) is 24.8 Å². The van der Waals surface area contributed by atoms with Crippen LogP contribution in [0.25, 0.3) is 0 Å². The Balaban J connectivity index is 1.88. The van der Waals surface area contributed by atoms with Gasteiger partial charge in [0.2, 0.25) is 0 Å². The van der Waals surface area contributed by atoms with Crippen LogP contribution < -0.4 is 10.1 Å². The van der Waals surface area contributed by atoms with Crippen LogP contribution in [-0.2, 0) is 6.42 Å². The molecule has 94 valence electrons. The van der Waals surface area contributed by atoms with Crippen LogP contribution in [0.15, 0.2) is 24.3 Å². The first-order chi connectivity index (χ1) is 8.38. The predicted molar refractivity (Wildman–Crippen MR) is 71.6 cm³/mol. The summed E-state index contributed by atoms with van der Waals surface area (Å²) in [7, 11) is 0. The molecule has 1 aromatic rings. The fourth-order valence-electron chi connectivity index (χ4n) is 2.32. The number of benzene rings is 1. The van der Waals surface area contributed by atoms with E-state index >= 15 is 0 Å². The Morgan fingerprint density at radius 1 is 1.18 bits per heavy atom. The molecule has 1 heterocycles. The third kappa shape index (κ3) is 4.04. The average molecular weight is 233 g/mol. The molecule has 0 amide bonds. The van der Waals surface area contributed by atoms with Crippen LogP contribution in [-0.4, -0.2) is 19.2 Å². The van der Waals surface area contributed by atoms with Gasteiger partial charge >= 0.3 is 0 Å². The van der Waals surface area contributed by atoms with Gasteiger partial charge in [0.05, 0.1) is 6.10 Å². The van der Waals surface area contributed by atoms with Crippen molar-refractivity contribution in [2.45, 2.75) is 45.1 Å². The number of ether oxygens (including phenoxy) is 1. The first-order valence-electron chi connectivity index (χ1n) is 6.85. The Morgan fingerprint density at radius 3 is 2.76 bits per heavy atom. The van der Waals surface area contributed by atoms with Gasteiger partial charge in [0, 0.05) is 0 Å². The van der Waals surface area contributed by atoms with Crippen molar-refractivity contribution in [1.82, 2.24) is 5.32 Å². The van der Waals surface area contributed by atoms with E-state index in [1.807, 2.05) is 0 Å². The smallest absolute Gasteiger partial charge is 0.119 e. The first kappa shape index (κ1) is 12.4. The average Bonchev–Trinajstić information content (AvgIpc) is 2.61. The van der Waals surface area contributed by atoms with Crippen molar-refractivity contribution in [3.63, 3.8) is 0 Å². The van der Waals surface area contributed by atoms with Gasteiger partial charge in [-0.3, -0.25) is 0 Å². The van der Waals surface area contributed by atoms with Crippen molar-refractivity contribution in [3.05, 3.63) is 29.8 Å². The number of nitrogens with one attached hydrogen (secondary N) is 1. The van der Waals surface area contributed by atoms with Crippen molar-refractivity contribution in [2.75, 3.05) is 13.1 Å². The maximum Gasteiger partial charge on any atom is 0.119 e. The molecule has 1 aliphatic heterocycles. The minimum absolute atomic E-state index is 0.391. The van der Waals surface area contributed by atoms with Crippen molar-refractivity contribution < 1.29 is 4.74 Å². The van der Waals surface area contributed by atoms with Gasteiger partial charge in [0.15, 0.2) is 0 Å². The molecule has 0 aliphatic carbocycles. The molecule has 1 aliphatic rings. The Morgan fingerprint density at radius 2 is 2.00 bits per heavy atom. The number of aryl methyl sites for hydroxylation is 1. The van der Waals surface area contributed by atoms with Crippen LogP contribution in [0.5, 0.6) is 5.75 Å². The maximum absolute atomic E-state index is 6.03. The van der Waals surface area contributed by atoms with Gasteiger partial charge in [-0.05, 0) is 56.5 Å². The molecule has 1 aromatic carbocycles. The van der Waals surface area contributed by atoms with E-state index < -0.39 is 0 Å². The van der Waals surface area contributed by atoms with Crippen molar-refractivity contribution in [3.8, 4) is 5.75 Å². The van der Waals surface area contributed by atoms with Crippen molar-refractivity contribution in [1.29, 1.82) is 0 Å². The molecule has 1 fully saturated rings. The zero-order chi connectivity index (χ0) is 11.9. The summed E-state index contributed by atoms with van der Waals surface area (Å²) in [5.41, 5.74) is 1.40. The van der Waals surface area contributed by atoms with E-state index in [2.05, 4.69) is 36.5 Å². The van der Waals surface area contributed by atoms with Crippen LogP contribution in [0.3, 0.4) is 0 Å². The Labute approximate surface area is 104 Å². The molecule has 1 unspecified atom stereocenters. The summed E-state index contributed by atoms with van der Waals surface area (Å²) in [6.07, 6.45) is 6.27. The van der Waals surface area contributed by atoms with Crippen LogP contribution in [0, 0.1) is 0 Å². The summed E-state index contributed by atoms with van der Waals surface area (Å²) >= 11 is 0. The maximum atomic E-state index is 6.03. The quantitative estimate of drug-likeness (QED) is 0.862. The van der Waals surface area contributed by atoms with Gasteiger partial charge < -0.3 is 10.1 Å². The molecule has 2 nitrogen and oxygen atoms in total. The molecule has 1 atom stereocenters. The lowest BCUT2D eigenvalue weighted by atomic mass is 10.1. The van der Waals surface area contributed by atoms with Gasteiger partial charge in [-0.2, -0.15) is 0 Å². The first-order valence-corrected chi connectivity index (χ1v) is 6.85. The zero-order valence-corrected chi connectivity index (χ0v) is 10.7. The highest BCUT2D eigenvalue weighted by Gasteiger charge is 2.12. The van der Waals surface area contributed by atoms with Crippen LogP contribution in [0.4, 0.5) is 0 Å². The van der Waals surface area contributed by atoms with E-state index in [0.29, 0.717) is 6.10 Å². The number of hydrogen-bond donors (Lipinski definition) is 1. The fraction of sp³-hybridized carbons (Fsp3) is 0.600. The van der Waals surface area contributed by atoms with E-state index in [0.717, 1.165) is 31.7 Å². The van der Waals surface area contributed by atoms with Crippen LogP contribution >= 0.6 is 0 Å². The molecule has 0 bridgehead atoms. The molecule has 0 saturated carbocycles. The van der Waals surface area contributed by atoms with Crippen molar-refractivity contribution >= 4 is 0 Å². The molecule has 0 spiro atoms. The molecule has 1 N–H and O–H groups in total. The Kier molecular flexibility index (Phi) is 4.87. The van der Waals surface area contributed by atoms with Gasteiger partial charge in [-0.15, -0.1) is 0 Å². The SMILES string of the molecule is CCCc1ccc(OC2CCCNCC2)cc1. The van der Waals surface area contributed by atoms with Gasteiger partial charge in [0.25, 0.3) is 0 Å². The molecule has 2 rings (SSSR count). The summed E-state index contributed by atoms with van der Waals surface area (Å²) in [5, 5.41) is 3.41. The topological polar surface area (TPSA) is 21.3 Å². The molecular formula is C15H23NO. The van der Waals surface area contributed by atoms with Crippen LogP contribution in [0.2, 0.25) is 0 Å². The monoisotopic (exact) mass is 233 g/mol. The van der Waals surface area contributed by atoms with Gasteiger partial charge in [0.1, 0.15) is 5.75 Å². The third-order valence-electron chi connectivity index (χ3n) is 3.29. The van der Waals surface area contributed by atoms with Crippen LogP contribution in [0.1, 0.15) is 38.2 Å². The standard InChI is InChI=1S/C15H23NO/c1-2-4-13-6-8-15(9-7-13)17-14-5-3-11-16-12-10-14/h6-9,14,16H,2-5,10-12H2,1H3. The lowest BCUT2D eigenvalue weighted by Gasteiger charge is -2.16. The molecule has 0 aromatic heterocycles. The van der Waals surface area contributed by atoms with Gasteiger partial charge in [-0.1, -0.05) is 25.5 Å². The van der Waals surface area contributed by atoms with E-state index in [9.17, 15) is 0 Å². The molecule has 1 saturated heterocycles. The summed E-state index contributed by atoms with van der Waals surface area (Å²) in [5.74, 6) is 1.02. The normalized spacial score (nSPS) is 20.9. The largest absolute Gasteiger partial charge is 0.490 e. The third-order valence-corrected chi connectivity index (χ3v) is 3.29. The summed E-state index contributed by atoms with van der Waals surface area (Å²) in [6, 6.07) is 8.61. The highest BCUT2D eigenvalue weighted by molar-refractivity contribution is 5.27. The highest BCUT2D eigenvalue weighted by Crippen LogP contribution is 2.18. The number of hydrogen-bond acceptors (Lipinski definition) is 2. The Bertz CT molecular complexity index is 312. The van der Waals surface area contributed by atoms with E-state index in [4.69, 9.17) is 4.74 Å². The number of rotatable bonds is 4.